The van der Waals surface area contributed by atoms with Crippen molar-refractivity contribution in [3.63, 3.8) is 0 Å². The van der Waals surface area contributed by atoms with E-state index in [1.54, 1.807) is 0 Å². The standard InChI is InChI=1S/C34H46O10/c1-7-25(35)41-14-16-43-29(37)27-21-18-22(20(3)4)34(28(27)30(38)44-17-15-42-26(36)8-2)13-10-23-32(5,24(34)19-21)11-9-12-33(23,6)31(39)40/h7-8,18,20-21,23-24,27-28H,1-2,9-17,19H2,3-6H3,(H,39,40). The molecule has 2 bridgehead atoms. The van der Waals surface area contributed by atoms with Crippen molar-refractivity contribution in [1.29, 1.82) is 0 Å². The average molecular weight is 615 g/mol. The van der Waals surface area contributed by atoms with Gasteiger partial charge in [-0.05, 0) is 68.1 Å². The summed E-state index contributed by atoms with van der Waals surface area (Å²) in [6.45, 7) is 14.3. The number of aliphatic carboxylic acids is 1. The van der Waals surface area contributed by atoms with Gasteiger partial charge in [0.2, 0.25) is 0 Å². The third-order valence-corrected chi connectivity index (χ3v) is 11.2. The highest BCUT2D eigenvalue weighted by Gasteiger charge is 2.72. The molecule has 0 aliphatic heterocycles. The van der Waals surface area contributed by atoms with Crippen LogP contribution in [-0.4, -0.2) is 61.4 Å². The molecule has 1 spiro atoms. The van der Waals surface area contributed by atoms with E-state index in [0.29, 0.717) is 25.7 Å². The Kier molecular flexibility index (Phi) is 9.81. The Morgan fingerprint density at radius 1 is 0.886 bits per heavy atom. The molecular weight excluding hydrogens is 568 g/mol. The molecule has 44 heavy (non-hydrogen) atoms. The summed E-state index contributed by atoms with van der Waals surface area (Å²) in [5.74, 6) is -5.25. The zero-order valence-corrected chi connectivity index (χ0v) is 26.3. The number of allylic oxidation sites excluding steroid dienone is 2. The summed E-state index contributed by atoms with van der Waals surface area (Å²) >= 11 is 0. The van der Waals surface area contributed by atoms with Crippen LogP contribution in [0.25, 0.3) is 0 Å². The molecule has 5 rings (SSSR count). The molecule has 0 saturated heterocycles. The van der Waals surface area contributed by atoms with Gasteiger partial charge >= 0.3 is 29.8 Å². The molecule has 0 amide bonds. The normalized spacial score (nSPS) is 35.3. The second-order valence-corrected chi connectivity index (χ2v) is 13.5. The second-order valence-electron chi connectivity index (χ2n) is 13.5. The van der Waals surface area contributed by atoms with E-state index in [4.69, 9.17) is 18.9 Å². The monoisotopic (exact) mass is 614 g/mol. The highest BCUT2D eigenvalue weighted by Crippen LogP contribution is 2.74. The summed E-state index contributed by atoms with van der Waals surface area (Å²) in [6.07, 6.45) is 8.20. The Labute approximate surface area is 259 Å². The number of rotatable bonds is 12. The number of carboxylic acids is 1. The number of hydrogen-bond donors (Lipinski definition) is 1. The lowest BCUT2D eigenvalue weighted by molar-refractivity contribution is -0.213. The third-order valence-electron chi connectivity index (χ3n) is 11.2. The van der Waals surface area contributed by atoms with Crippen molar-refractivity contribution in [2.45, 2.75) is 66.2 Å². The van der Waals surface area contributed by atoms with Crippen LogP contribution in [0, 0.1) is 51.8 Å². The smallest absolute Gasteiger partial charge is 0.330 e. The van der Waals surface area contributed by atoms with E-state index in [-0.39, 0.29) is 55.5 Å². The molecule has 10 heteroatoms. The third kappa shape index (κ3) is 5.60. The molecule has 242 valence electrons. The van der Waals surface area contributed by atoms with E-state index in [9.17, 15) is 29.1 Å². The minimum Gasteiger partial charge on any atom is -0.481 e. The Morgan fingerprint density at radius 2 is 1.45 bits per heavy atom. The van der Waals surface area contributed by atoms with Crippen LogP contribution in [0.2, 0.25) is 0 Å². The predicted molar refractivity (Wildman–Crippen MR) is 159 cm³/mol. The van der Waals surface area contributed by atoms with Gasteiger partial charge < -0.3 is 24.1 Å². The lowest BCUT2D eigenvalue weighted by Crippen LogP contribution is -2.67. The van der Waals surface area contributed by atoms with Gasteiger partial charge in [-0.2, -0.15) is 0 Å². The molecule has 10 nitrogen and oxygen atoms in total. The summed E-state index contributed by atoms with van der Waals surface area (Å²) in [6, 6.07) is 0. The van der Waals surface area contributed by atoms with Gasteiger partial charge in [0, 0.05) is 17.6 Å². The Morgan fingerprint density at radius 3 is 2.00 bits per heavy atom. The molecule has 3 saturated carbocycles. The quantitative estimate of drug-likeness (QED) is 0.108. The predicted octanol–water partition coefficient (Wildman–Crippen LogP) is 4.67. The van der Waals surface area contributed by atoms with Gasteiger partial charge in [-0.15, -0.1) is 0 Å². The summed E-state index contributed by atoms with van der Waals surface area (Å²) in [5.41, 5.74) is -0.870. The van der Waals surface area contributed by atoms with E-state index >= 15 is 0 Å². The number of ether oxygens (including phenoxy) is 4. The van der Waals surface area contributed by atoms with Crippen LogP contribution < -0.4 is 0 Å². The maximum atomic E-state index is 14.2. The van der Waals surface area contributed by atoms with Crippen molar-refractivity contribution in [3.05, 3.63) is 37.0 Å². The minimum absolute atomic E-state index is 0.0473. The number of carboxylic acid groups (broad SMARTS) is 1. The van der Waals surface area contributed by atoms with Crippen LogP contribution in [0.3, 0.4) is 0 Å². The van der Waals surface area contributed by atoms with Gasteiger partial charge in [0.25, 0.3) is 0 Å². The Hall–Kier alpha value is -3.43. The first-order valence-electron chi connectivity index (χ1n) is 15.6. The molecule has 5 aliphatic rings. The van der Waals surface area contributed by atoms with Crippen LogP contribution in [-0.2, 0) is 42.9 Å². The van der Waals surface area contributed by atoms with Crippen LogP contribution in [0.5, 0.6) is 0 Å². The van der Waals surface area contributed by atoms with E-state index < -0.39 is 52.5 Å². The molecule has 0 aromatic heterocycles. The number of hydrogen-bond acceptors (Lipinski definition) is 9. The SMILES string of the molecule is C=CC(=O)OCCOC(=O)C1C2C=C(C(C)C)C3(CCC4C(C)(C(=O)O)CCCC4(C)C3C2)C1C(=O)OCCOC(=O)C=C. The first-order valence-corrected chi connectivity index (χ1v) is 15.6. The zero-order chi connectivity index (χ0) is 32.4. The first-order chi connectivity index (χ1) is 20.8. The maximum Gasteiger partial charge on any atom is 0.330 e. The fraction of sp³-hybridized carbons (Fsp3) is 0.676. The lowest BCUT2D eigenvalue weighted by Gasteiger charge is -2.70. The first kappa shape index (κ1) is 33.5. The van der Waals surface area contributed by atoms with Crippen LogP contribution >= 0.6 is 0 Å². The van der Waals surface area contributed by atoms with Gasteiger partial charge in [-0.1, -0.05) is 52.0 Å². The van der Waals surface area contributed by atoms with E-state index in [2.05, 4.69) is 40.0 Å². The molecular formula is C34H46O10. The van der Waals surface area contributed by atoms with E-state index in [1.165, 1.54) is 0 Å². The Balaban J connectivity index is 1.73. The summed E-state index contributed by atoms with van der Waals surface area (Å²) in [4.78, 5) is 63.6. The molecule has 0 heterocycles. The van der Waals surface area contributed by atoms with Crippen molar-refractivity contribution >= 4 is 29.8 Å². The van der Waals surface area contributed by atoms with Crippen LogP contribution in [0.15, 0.2) is 37.0 Å². The highest BCUT2D eigenvalue weighted by molar-refractivity contribution is 5.85. The van der Waals surface area contributed by atoms with Gasteiger partial charge in [-0.25, -0.2) is 9.59 Å². The van der Waals surface area contributed by atoms with Crippen molar-refractivity contribution in [2.24, 2.45) is 51.8 Å². The maximum absolute atomic E-state index is 14.2. The van der Waals surface area contributed by atoms with Crippen molar-refractivity contribution in [1.82, 2.24) is 0 Å². The molecule has 0 radical (unpaired) electrons. The van der Waals surface area contributed by atoms with Crippen molar-refractivity contribution in [3.8, 4) is 0 Å². The van der Waals surface area contributed by atoms with E-state index in [0.717, 1.165) is 30.6 Å². The molecule has 0 aromatic carbocycles. The van der Waals surface area contributed by atoms with Crippen LogP contribution in [0.4, 0.5) is 0 Å². The molecule has 8 unspecified atom stereocenters. The number of carbonyl (C=O) groups is 5. The largest absolute Gasteiger partial charge is 0.481 e. The van der Waals surface area contributed by atoms with Gasteiger partial charge in [0.15, 0.2) is 0 Å². The molecule has 1 N–H and O–H groups in total. The fourth-order valence-electron chi connectivity index (χ4n) is 9.57. The topological polar surface area (TPSA) is 142 Å². The van der Waals surface area contributed by atoms with Gasteiger partial charge in [0.05, 0.1) is 17.3 Å². The number of esters is 4. The lowest BCUT2D eigenvalue weighted by atomic mass is 9.33. The van der Waals surface area contributed by atoms with Crippen molar-refractivity contribution in [2.75, 3.05) is 26.4 Å². The average Bonchev–Trinajstić information content (AvgIpc) is 2.99. The summed E-state index contributed by atoms with van der Waals surface area (Å²) < 4.78 is 21.3. The molecule has 5 aliphatic carbocycles. The molecule has 3 fully saturated rings. The van der Waals surface area contributed by atoms with Gasteiger partial charge in [-0.3, -0.25) is 14.4 Å². The number of fused-ring (bicyclic) bond motifs is 2. The highest BCUT2D eigenvalue weighted by atomic mass is 16.6. The van der Waals surface area contributed by atoms with E-state index in [1.807, 2.05) is 6.92 Å². The minimum atomic E-state index is -0.876. The van der Waals surface area contributed by atoms with Gasteiger partial charge in [0.1, 0.15) is 26.4 Å². The molecule has 8 atom stereocenters. The zero-order valence-electron chi connectivity index (χ0n) is 26.3. The number of carbonyl (C=O) groups excluding carboxylic acids is 4. The van der Waals surface area contributed by atoms with Crippen molar-refractivity contribution < 1.29 is 48.0 Å². The summed E-state index contributed by atoms with van der Waals surface area (Å²) in [7, 11) is 0. The van der Waals surface area contributed by atoms with Crippen LogP contribution in [0.1, 0.15) is 66.2 Å². The second kappa shape index (κ2) is 12.9. The summed E-state index contributed by atoms with van der Waals surface area (Å²) in [5, 5.41) is 10.4. The Bertz CT molecular complexity index is 1230. The fourth-order valence-corrected chi connectivity index (χ4v) is 9.57. The molecule has 0 aromatic rings.